The molecule has 0 unspecified atom stereocenters. The Balaban J connectivity index is 0.00000420. The van der Waals surface area contributed by atoms with E-state index < -0.39 is 0 Å². The van der Waals surface area contributed by atoms with E-state index in [0.29, 0.717) is 13.1 Å². The number of rotatable bonds is 9. The molecular weight excluding hydrogens is 423 g/mol. The van der Waals surface area contributed by atoms with Crippen LogP contribution in [0.3, 0.4) is 0 Å². The summed E-state index contributed by atoms with van der Waals surface area (Å²) in [7, 11) is 0. The van der Waals surface area contributed by atoms with Gasteiger partial charge in [0.2, 0.25) is 13.1 Å². The Morgan fingerprint density at radius 1 is 0.633 bits per heavy atom. The van der Waals surface area contributed by atoms with Gasteiger partial charge in [0.15, 0.2) is 24.8 Å². The number of nitrogens with zero attached hydrogens (tertiary/aromatic N) is 4. The third kappa shape index (κ3) is 7.58. The van der Waals surface area contributed by atoms with Gasteiger partial charge in [-0.3, -0.25) is 9.59 Å². The van der Waals surface area contributed by atoms with Gasteiger partial charge in [0.25, 0.3) is 11.8 Å². The average Bonchev–Trinajstić information content (AvgIpc) is 2.71. The van der Waals surface area contributed by atoms with Gasteiger partial charge >= 0.3 is 0 Å². The molecule has 0 bridgehead atoms. The van der Waals surface area contributed by atoms with Crippen LogP contribution in [0.5, 0.6) is 0 Å². The fraction of sp³-hybridized carbons (Fsp3) is 0.455. The highest BCUT2D eigenvalue weighted by atomic mass is 35.5. The third-order valence-corrected chi connectivity index (χ3v) is 4.98. The molecule has 2 heterocycles. The van der Waals surface area contributed by atoms with E-state index >= 15 is 0 Å². The Bertz CT molecular complexity index is 707. The van der Waals surface area contributed by atoms with Crippen molar-refractivity contribution in [3.05, 3.63) is 49.1 Å². The van der Waals surface area contributed by atoms with E-state index in [-0.39, 0.29) is 36.6 Å². The van der Waals surface area contributed by atoms with Crippen LogP contribution in [-0.4, -0.2) is 47.8 Å². The van der Waals surface area contributed by atoms with Crippen LogP contribution in [0.4, 0.5) is 0 Å². The number of pyridine rings is 2. The predicted octanol–water partition coefficient (Wildman–Crippen LogP) is -4.33. The summed E-state index contributed by atoms with van der Waals surface area (Å²) in [5, 5.41) is 0. The smallest absolute Gasteiger partial charge is 0.288 e. The van der Waals surface area contributed by atoms with Gasteiger partial charge in [-0.05, 0) is 38.8 Å². The number of carbonyl (C=O) groups is 2. The molecule has 0 saturated heterocycles. The van der Waals surface area contributed by atoms with Crippen LogP contribution in [0.15, 0.2) is 49.1 Å². The van der Waals surface area contributed by atoms with Crippen molar-refractivity contribution in [2.75, 3.05) is 26.2 Å². The molecule has 0 fully saturated rings. The largest absolute Gasteiger partial charge is 1.00 e. The fourth-order valence-corrected chi connectivity index (χ4v) is 3.18. The normalized spacial score (nSPS) is 9.87. The second kappa shape index (κ2) is 13.9. The zero-order chi connectivity index (χ0) is 20.5. The Hall–Kier alpha value is -2.18. The zero-order valence-electron chi connectivity index (χ0n) is 18.2. The molecule has 0 aliphatic rings. The Labute approximate surface area is 192 Å². The van der Waals surface area contributed by atoms with Crippen LogP contribution >= 0.6 is 0 Å². The van der Waals surface area contributed by atoms with Crippen molar-refractivity contribution < 1.29 is 43.5 Å². The number of hydrogen-bond donors (Lipinski definition) is 0. The third-order valence-electron chi connectivity index (χ3n) is 4.98. The topological polar surface area (TPSA) is 48.4 Å². The molecule has 2 rings (SSSR count). The van der Waals surface area contributed by atoms with E-state index in [2.05, 4.69) is 0 Å². The Morgan fingerprint density at radius 2 is 0.900 bits per heavy atom. The first kappa shape index (κ1) is 27.8. The summed E-state index contributed by atoms with van der Waals surface area (Å²) in [4.78, 5) is 28.1. The van der Waals surface area contributed by atoms with Gasteiger partial charge in [0.05, 0.1) is 0 Å². The van der Waals surface area contributed by atoms with Crippen molar-refractivity contribution in [3.63, 3.8) is 0 Å². The number of likely N-dealkylation sites (N-methyl/N-ethyl adjacent to an activating group) is 2. The molecule has 0 aliphatic heterocycles. The summed E-state index contributed by atoms with van der Waals surface area (Å²) in [6, 6.07) is 8.04. The molecule has 2 amide bonds. The SMILES string of the molecule is CCN(CC)C(=O)C[n+]1ccc(-c2cc[n+](CC(=O)N(CC)CC)cc2)cc1.[Cl-].[Cl-]. The molecule has 30 heavy (non-hydrogen) atoms. The highest BCUT2D eigenvalue weighted by Gasteiger charge is 2.16. The average molecular weight is 455 g/mol. The van der Waals surface area contributed by atoms with E-state index in [0.717, 1.165) is 37.3 Å². The first-order valence-corrected chi connectivity index (χ1v) is 10.1. The van der Waals surface area contributed by atoms with Gasteiger partial charge in [-0.2, -0.15) is 9.13 Å². The molecule has 0 atom stereocenters. The molecule has 0 aromatic carbocycles. The van der Waals surface area contributed by atoms with E-state index in [1.165, 1.54) is 0 Å². The summed E-state index contributed by atoms with van der Waals surface area (Å²) >= 11 is 0. The van der Waals surface area contributed by atoms with Gasteiger partial charge in [0, 0.05) is 50.4 Å². The number of halogens is 2. The van der Waals surface area contributed by atoms with E-state index in [9.17, 15) is 9.59 Å². The molecular formula is C22H32Cl2N4O2. The van der Waals surface area contributed by atoms with Crippen molar-refractivity contribution in [1.82, 2.24) is 9.80 Å². The second-order valence-corrected chi connectivity index (χ2v) is 6.65. The summed E-state index contributed by atoms with van der Waals surface area (Å²) < 4.78 is 3.80. The Morgan fingerprint density at radius 3 is 1.13 bits per heavy atom. The molecule has 2 aromatic rings. The molecule has 8 heteroatoms. The van der Waals surface area contributed by atoms with Crippen LogP contribution in [0.2, 0.25) is 0 Å². The lowest BCUT2D eigenvalue weighted by Crippen LogP contribution is -3.00. The Kier molecular flexibility index (Phi) is 12.9. The maximum atomic E-state index is 12.2. The molecule has 0 spiro atoms. The minimum absolute atomic E-state index is 0. The van der Waals surface area contributed by atoms with Crippen LogP contribution in [0, 0.1) is 0 Å². The maximum Gasteiger partial charge on any atom is 0.288 e. The second-order valence-electron chi connectivity index (χ2n) is 6.65. The van der Waals surface area contributed by atoms with Gasteiger partial charge in [0.1, 0.15) is 0 Å². The minimum atomic E-state index is 0. The summed E-state index contributed by atoms with van der Waals surface area (Å²) in [5.41, 5.74) is 2.16. The van der Waals surface area contributed by atoms with Gasteiger partial charge in [-0.1, -0.05) is 0 Å². The molecule has 166 valence electrons. The van der Waals surface area contributed by atoms with Gasteiger partial charge < -0.3 is 34.6 Å². The standard InChI is InChI=1S/C22H32N4O2.2ClH/c1-5-25(6-2)21(27)17-23-13-9-19(10-14-23)20-11-15-24(16-12-20)18-22(28)26(7-3)8-4;;/h9-16H,5-8,17-18H2,1-4H3;2*1H/q+2;;/p-2. The number of amides is 2. The van der Waals surface area contributed by atoms with E-state index in [1.807, 2.05) is 95.7 Å². The van der Waals surface area contributed by atoms with Crippen molar-refractivity contribution >= 4 is 11.8 Å². The lowest BCUT2D eigenvalue weighted by molar-refractivity contribution is -0.685. The number of hydrogen-bond acceptors (Lipinski definition) is 2. The van der Waals surface area contributed by atoms with Crippen LogP contribution < -0.4 is 33.9 Å². The quantitative estimate of drug-likeness (QED) is 0.359. The first-order chi connectivity index (χ1) is 13.5. The highest BCUT2D eigenvalue weighted by molar-refractivity contribution is 5.75. The van der Waals surface area contributed by atoms with Crippen LogP contribution in [-0.2, 0) is 22.7 Å². The lowest BCUT2D eigenvalue weighted by Gasteiger charge is -2.16. The molecule has 2 aromatic heterocycles. The maximum absolute atomic E-state index is 12.2. The first-order valence-electron chi connectivity index (χ1n) is 10.1. The van der Waals surface area contributed by atoms with E-state index in [4.69, 9.17) is 0 Å². The van der Waals surface area contributed by atoms with E-state index in [1.54, 1.807) is 0 Å². The van der Waals surface area contributed by atoms with Gasteiger partial charge in [-0.25, -0.2) is 0 Å². The number of aromatic nitrogens is 2. The molecule has 6 nitrogen and oxygen atoms in total. The minimum Gasteiger partial charge on any atom is -1.00 e. The van der Waals surface area contributed by atoms with Crippen LogP contribution in [0.25, 0.3) is 11.1 Å². The fourth-order valence-electron chi connectivity index (χ4n) is 3.18. The molecule has 0 N–H and O–H groups in total. The monoisotopic (exact) mass is 454 g/mol. The van der Waals surface area contributed by atoms with Crippen LogP contribution in [0.1, 0.15) is 27.7 Å². The zero-order valence-corrected chi connectivity index (χ0v) is 19.7. The summed E-state index contributed by atoms with van der Waals surface area (Å²) in [5.74, 6) is 0.253. The molecule has 0 radical (unpaired) electrons. The van der Waals surface area contributed by atoms with Crippen molar-refractivity contribution in [2.45, 2.75) is 40.8 Å². The van der Waals surface area contributed by atoms with Crippen molar-refractivity contribution in [2.24, 2.45) is 0 Å². The lowest BCUT2D eigenvalue weighted by atomic mass is 10.1. The highest BCUT2D eigenvalue weighted by Crippen LogP contribution is 2.15. The molecule has 0 aliphatic carbocycles. The summed E-state index contributed by atoms with van der Waals surface area (Å²) in [6.07, 6.45) is 7.73. The summed E-state index contributed by atoms with van der Waals surface area (Å²) in [6.45, 7) is 11.6. The van der Waals surface area contributed by atoms with Gasteiger partial charge in [-0.15, -0.1) is 0 Å². The van der Waals surface area contributed by atoms with Crippen molar-refractivity contribution in [1.29, 1.82) is 0 Å². The predicted molar refractivity (Wildman–Crippen MR) is 108 cm³/mol. The number of carbonyl (C=O) groups excluding carboxylic acids is 2. The molecule has 0 saturated carbocycles. The van der Waals surface area contributed by atoms with Crippen molar-refractivity contribution in [3.8, 4) is 11.1 Å².